The molecule has 0 bridgehead atoms. The molecule has 0 unspecified atom stereocenters. The standard InChI is InChI=1S/C6H9NO3S2/c1-7-12(9,10)6-2-3-11-5(6)4-8/h2-3,7-8H,4H2,1H3. The van der Waals surface area contributed by atoms with Gasteiger partial charge in [0.15, 0.2) is 0 Å². The predicted octanol–water partition coefficient (Wildman–Crippen LogP) is 0.148. The summed E-state index contributed by atoms with van der Waals surface area (Å²) in [6.07, 6.45) is 0. The lowest BCUT2D eigenvalue weighted by Crippen LogP contribution is -2.19. The molecule has 0 amide bonds. The number of sulfonamides is 1. The van der Waals surface area contributed by atoms with E-state index in [0.29, 0.717) is 4.88 Å². The molecule has 0 fully saturated rings. The molecule has 0 spiro atoms. The van der Waals surface area contributed by atoms with E-state index >= 15 is 0 Å². The fraction of sp³-hybridized carbons (Fsp3) is 0.333. The number of aliphatic hydroxyl groups excluding tert-OH is 1. The maximum Gasteiger partial charge on any atom is 0.241 e. The topological polar surface area (TPSA) is 66.4 Å². The fourth-order valence-corrected chi connectivity index (χ4v) is 2.81. The van der Waals surface area contributed by atoms with Crippen molar-refractivity contribution >= 4 is 21.4 Å². The van der Waals surface area contributed by atoms with Crippen LogP contribution in [-0.4, -0.2) is 20.6 Å². The highest BCUT2D eigenvalue weighted by atomic mass is 32.2. The minimum atomic E-state index is -3.40. The van der Waals surface area contributed by atoms with Crippen LogP contribution in [0.4, 0.5) is 0 Å². The van der Waals surface area contributed by atoms with Crippen molar-refractivity contribution in [1.29, 1.82) is 0 Å². The lowest BCUT2D eigenvalue weighted by Gasteiger charge is -2.00. The van der Waals surface area contributed by atoms with Crippen LogP contribution in [0.5, 0.6) is 0 Å². The van der Waals surface area contributed by atoms with E-state index in [9.17, 15) is 8.42 Å². The average Bonchev–Trinajstić information content (AvgIpc) is 2.52. The molecule has 6 heteroatoms. The molecule has 0 aliphatic heterocycles. The molecule has 0 saturated carbocycles. The van der Waals surface area contributed by atoms with Crippen LogP contribution >= 0.6 is 11.3 Å². The van der Waals surface area contributed by atoms with E-state index in [-0.39, 0.29) is 11.5 Å². The zero-order valence-electron chi connectivity index (χ0n) is 6.44. The summed E-state index contributed by atoms with van der Waals surface area (Å²) in [4.78, 5) is 0.627. The van der Waals surface area contributed by atoms with Crippen molar-refractivity contribution < 1.29 is 13.5 Å². The number of thiophene rings is 1. The second kappa shape index (κ2) is 3.53. The molecule has 12 heavy (non-hydrogen) atoms. The summed E-state index contributed by atoms with van der Waals surface area (Å²) in [5.41, 5.74) is 0. The summed E-state index contributed by atoms with van der Waals surface area (Å²) in [7, 11) is -2.06. The van der Waals surface area contributed by atoms with Crippen molar-refractivity contribution in [3.63, 3.8) is 0 Å². The summed E-state index contributed by atoms with van der Waals surface area (Å²) in [5.74, 6) is 0. The van der Waals surface area contributed by atoms with Gasteiger partial charge in [0, 0.05) is 4.88 Å². The second-order valence-corrected chi connectivity index (χ2v) is 4.93. The van der Waals surface area contributed by atoms with Gasteiger partial charge in [-0.15, -0.1) is 11.3 Å². The summed E-state index contributed by atoms with van der Waals surface area (Å²) < 4.78 is 24.6. The van der Waals surface area contributed by atoms with Crippen molar-refractivity contribution in [1.82, 2.24) is 4.72 Å². The largest absolute Gasteiger partial charge is 0.391 e. The van der Waals surface area contributed by atoms with E-state index in [1.54, 1.807) is 5.38 Å². The third kappa shape index (κ3) is 1.66. The number of hydrogen-bond acceptors (Lipinski definition) is 4. The molecule has 0 atom stereocenters. The minimum Gasteiger partial charge on any atom is -0.391 e. The Labute approximate surface area is 74.9 Å². The zero-order valence-corrected chi connectivity index (χ0v) is 8.08. The zero-order chi connectivity index (χ0) is 9.19. The van der Waals surface area contributed by atoms with Gasteiger partial charge in [-0.2, -0.15) is 0 Å². The van der Waals surface area contributed by atoms with Crippen LogP contribution < -0.4 is 4.72 Å². The Kier molecular flexibility index (Phi) is 2.84. The van der Waals surface area contributed by atoms with Gasteiger partial charge < -0.3 is 5.11 Å². The molecule has 1 aromatic heterocycles. The molecule has 2 N–H and O–H groups in total. The minimum absolute atomic E-state index is 0.164. The maximum atomic E-state index is 11.2. The van der Waals surface area contributed by atoms with Gasteiger partial charge in [-0.1, -0.05) is 0 Å². The molecular formula is C6H9NO3S2. The van der Waals surface area contributed by atoms with E-state index in [1.165, 1.54) is 24.5 Å². The quantitative estimate of drug-likeness (QED) is 0.741. The maximum absolute atomic E-state index is 11.2. The average molecular weight is 207 g/mol. The summed E-state index contributed by atoms with van der Waals surface area (Å²) >= 11 is 1.22. The highest BCUT2D eigenvalue weighted by Crippen LogP contribution is 2.20. The van der Waals surface area contributed by atoms with Gasteiger partial charge in [-0.25, -0.2) is 13.1 Å². The van der Waals surface area contributed by atoms with Gasteiger partial charge in [-0.3, -0.25) is 0 Å². The lowest BCUT2D eigenvalue weighted by molar-refractivity contribution is 0.282. The Hall–Kier alpha value is -0.430. The molecule has 0 aromatic carbocycles. The molecular weight excluding hydrogens is 198 g/mol. The molecule has 0 saturated heterocycles. The first-order chi connectivity index (χ1) is 5.61. The monoisotopic (exact) mass is 207 g/mol. The van der Waals surface area contributed by atoms with Crippen LogP contribution in [-0.2, 0) is 16.6 Å². The molecule has 68 valence electrons. The van der Waals surface area contributed by atoms with Crippen LogP contribution in [0.25, 0.3) is 0 Å². The first kappa shape index (κ1) is 9.66. The van der Waals surface area contributed by atoms with Crippen molar-refractivity contribution in [3.8, 4) is 0 Å². The van der Waals surface area contributed by atoms with Gasteiger partial charge in [0.25, 0.3) is 0 Å². The van der Waals surface area contributed by atoms with Crippen LogP contribution in [0, 0.1) is 0 Å². The molecule has 1 rings (SSSR count). The number of nitrogens with one attached hydrogen (secondary N) is 1. The first-order valence-corrected chi connectivity index (χ1v) is 5.59. The highest BCUT2D eigenvalue weighted by molar-refractivity contribution is 7.89. The van der Waals surface area contributed by atoms with Gasteiger partial charge >= 0.3 is 0 Å². The molecule has 4 nitrogen and oxygen atoms in total. The summed E-state index contributed by atoms with van der Waals surface area (Å²) in [6, 6.07) is 1.47. The number of aliphatic hydroxyl groups is 1. The summed E-state index contributed by atoms with van der Waals surface area (Å²) in [6.45, 7) is -0.242. The smallest absolute Gasteiger partial charge is 0.241 e. The van der Waals surface area contributed by atoms with Crippen LogP contribution in [0.15, 0.2) is 16.3 Å². The molecule has 1 heterocycles. The van der Waals surface area contributed by atoms with Gasteiger partial charge in [0.2, 0.25) is 10.0 Å². The van der Waals surface area contributed by atoms with E-state index in [2.05, 4.69) is 4.72 Å². The van der Waals surface area contributed by atoms with Crippen LogP contribution in [0.1, 0.15) is 4.88 Å². The predicted molar refractivity (Wildman–Crippen MR) is 46.5 cm³/mol. The highest BCUT2D eigenvalue weighted by Gasteiger charge is 2.16. The SMILES string of the molecule is CNS(=O)(=O)c1ccsc1CO. The van der Waals surface area contributed by atoms with Gasteiger partial charge in [-0.05, 0) is 18.5 Å². The summed E-state index contributed by atoms with van der Waals surface area (Å²) in [5, 5.41) is 10.4. The van der Waals surface area contributed by atoms with E-state index in [1.807, 2.05) is 0 Å². The number of hydrogen-bond donors (Lipinski definition) is 2. The normalized spacial score (nSPS) is 11.8. The third-order valence-electron chi connectivity index (χ3n) is 1.41. The van der Waals surface area contributed by atoms with Crippen molar-refractivity contribution in [2.75, 3.05) is 7.05 Å². The van der Waals surface area contributed by atoms with E-state index in [4.69, 9.17) is 5.11 Å². The first-order valence-electron chi connectivity index (χ1n) is 3.22. The Balaban J connectivity index is 3.19. The van der Waals surface area contributed by atoms with Crippen molar-refractivity contribution in [3.05, 3.63) is 16.3 Å². The lowest BCUT2D eigenvalue weighted by atomic mass is 10.5. The third-order valence-corrected chi connectivity index (χ3v) is 3.94. The molecule has 1 aromatic rings. The fourth-order valence-electron chi connectivity index (χ4n) is 0.794. The Morgan fingerprint density at radius 3 is 2.83 bits per heavy atom. The Bertz CT molecular complexity index is 355. The van der Waals surface area contributed by atoms with E-state index < -0.39 is 10.0 Å². The molecule has 0 radical (unpaired) electrons. The van der Waals surface area contributed by atoms with Crippen molar-refractivity contribution in [2.24, 2.45) is 0 Å². The molecule has 0 aliphatic rings. The van der Waals surface area contributed by atoms with Crippen molar-refractivity contribution in [2.45, 2.75) is 11.5 Å². The Morgan fingerprint density at radius 1 is 1.67 bits per heavy atom. The van der Waals surface area contributed by atoms with Gasteiger partial charge in [0.05, 0.1) is 11.5 Å². The van der Waals surface area contributed by atoms with Crippen LogP contribution in [0.2, 0.25) is 0 Å². The number of rotatable bonds is 3. The second-order valence-electron chi connectivity index (χ2n) is 2.07. The Morgan fingerprint density at radius 2 is 2.33 bits per heavy atom. The van der Waals surface area contributed by atoms with Gasteiger partial charge in [0.1, 0.15) is 0 Å². The molecule has 0 aliphatic carbocycles. The van der Waals surface area contributed by atoms with Crippen LogP contribution in [0.3, 0.4) is 0 Å². The van der Waals surface area contributed by atoms with E-state index in [0.717, 1.165) is 0 Å².